The van der Waals surface area contributed by atoms with E-state index in [1.165, 1.54) is 12.8 Å². The standard InChI is InChI=1S/C21H28N4O2/c1-24-18-10-5-4-9-17(18)23-19(24)11-6-12-22-21(27)15-13-20(26)25(14-15)16-7-2-3-8-16/h4-5,9-10,15-16H,2-3,6-8,11-14H2,1H3,(H,22,27)/t15-/m1/s1. The summed E-state index contributed by atoms with van der Waals surface area (Å²) in [7, 11) is 2.03. The Hall–Kier alpha value is -2.37. The van der Waals surface area contributed by atoms with Crippen LogP contribution in [0, 0.1) is 5.92 Å². The van der Waals surface area contributed by atoms with Gasteiger partial charge in [-0.1, -0.05) is 25.0 Å². The SMILES string of the molecule is Cn1c(CCCNC(=O)[C@@H]2CC(=O)N(C3CCCC3)C2)nc2ccccc21. The first-order valence-corrected chi connectivity index (χ1v) is 10.1. The molecule has 2 heterocycles. The molecule has 0 bridgehead atoms. The van der Waals surface area contributed by atoms with Crippen LogP contribution in [0.3, 0.4) is 0 Å². The Morgan fingerprint density at radius 2 is 2.04 bits per heavy atom. The lowest BCUT2D eigenvalue weighted by Crippen LogP contribution is -2.37. The van der Waals surface area contributed by atoms with Crippen molar-refractivity contribution in [1.29, 1.82) is 0 Å². The number of aromatic nitrogens is 2. The highest BCUT2D eigenvalue weighted by Crippen LogP contribution is 2.29. The Balaban J connectivity index is 1.25. The second kappa shape index (κ2) is 7.71. The molecule has 1 saturated heterocycles. The van der Waals surface area contributed by atoms with Gasteiger partial charge in [0.2, 0.25) is 11.8 Å². The van der Waals surface area contributed by atoms with E-state index in [1.54, 1.807) is 0 Å². The van der Waals surface area contributed by atoms with Crippen molar-refractivity contribution in [2.24, 2.45) is 13.0 Å². The topological polar surface area (TPSA) is 67.2 Å². The van der Waals surface area contributed by atoms with E-state index in [9.17, 15) is 9.59 Å². The minimum atomic E-state index is -0.186. The van der Waals surface area contributed by atoms with Crippen LogP contribution in [0.2, 0.25) is 0 Å². The first-order chi connectivity index (χ1) is 13.1. The molecule has 0 unspecified atom stereocenters. The van der Waals surface area contributed by atoms with E-state index >= 15 is 0 Å². The molecule has 2 amide bonds. The molecule has 1 N–H and O–H groups in total. The number of fused-ring (bicyclic) bond motifs is 1. The second-order valence-corrected chi connectivity index (χ2v) is 7.86. The summed E-state index contributed by atoms with van der Waals surface area (Å²) in [4.78, 5) is 31.3. The summed E-state index contributed by atoms with van der Waals surface area (Å²) >= 11 is 0. The van der Waals surface area contributed by atoms with Crippen LogP contribution in [0.25, 0.3) is 11.0 Å². The van der Waals surface area contributed by atoms with E-state index in [-0.39, 0.29) is 17.7 Å². The molecule has 1 atom stereocenters. The van der Waals surface area contributed by atoms with Crippen LogP contribution in [0.1, 0.15) is 44.3 Å². The third-order valence-corrected chi connectivity index (χ3v) is 6.05. The molecule has 6 nitrogen and oxygen atoms in total. The van der Waals surface area contributed by atoms with Gasteiger partial charge in [0.05, 0.1) is 17.0 Å². The molecular weight excluding hydrogens is 340 g/mol. The highest BCUT2D eigenvalue weighted by molar-refractivity contribution is 5.89. The van der Waals surface area contributed by atoms with E-state index in [0.717, 1.165) is 42.5 Å². The van der Waals surface area contributed by atoms with Gasteiger partial charge in [-0.2, -0.15) is 0 Å². The fourth-order valence-corrected chi connectivity index (χ4v) is 4.50. The van der Waals surface area contributed by atoms with Crippen LogP contribution >= 0.6 is 0 Å². The number of para-hydroxylation sites is 2. The highest BCUT2D eigenvalue weighted by Gasteiger charge is 2.38. The van der Waals surface area contributed by atoms with Crippen LogP contribution in [0.15, 0.2) is 24.3 Å². The van der Waals surface area contributed by atoms with Crippen molar-refractivity contribution in [3.05, 3.63) is 30.1 Å². The molecule has 1 saturated carbocycles. The van der Waals surface area contributed by atoms with E-state index in [0.29, 0.717) is 25.6 Å². The molecule has 6 heteroatoms. The Kier molecular flexibility index (Phi) is 5.14. The smallest absolute Gasteiger partial charge is 0.225 e. The zero-order chi connectivity index (χ0) is 18.8. The second-order valence-electron chi connectivity index (χ2n) is 7.86. The average Bonchev–Trinajstić information content (AvgIpc) is 3.39. The molecule has 1 aromatic heterocycles. The summed E-state index contributed by atoms with van der Waals surface area (Å²) in [5, 5.41) is 3.02. The summed E-state index contributed by atoms with van der Waals surface area (Å²) < 4.78 is 2.12. The number of nitrogens with one attached hydrogen (secondary N) is 1. The van der Waals surface area contributed by atoms with Gasteiger partial charge < -0.3 is 14.8 Å². The number of likely N-dealkylation sites (tertiary alicyclic amines) is 1. The zero-order valence-corrected chi connectivity index (χ0v) is 16.0. The fraction of sp³-hybridized carbons (Fsp3) is 0.571. The molecule has 1 aliphatic heterocycles. The van der Waals surface area contributed by atoms with Crippen LogP contribution < -0.4 is 5.32 Å². The van der Waals surface area contributed by atoms with Crippen molar-refractivity contribution >= 4 is 22.8 Å². The molecule has 2 fully saturated rings. The van der Waals surface area contributed by atoms with Gasteiger partial charge in [-0.15, -0.1) is 0 Å². The number of imidazole rings is 1. The van der Waals surface area contributed by atoms with Gasteiger partial charge in [0, 0.05) is 39.0 Å². The van der Waals surface area contributed by atoms with Crippen LogP contribution in [-0.2, 0) is 23.1 Å². The Morgan fingerprint density at radius 3 is 2.81 bits per heavy atom. The monoisotopic (exact) mass is 368 g/mol. The minimum absolute atomic E-state index is 0.0221. The molecule has 144 valence electrons. The van der Waals surface area contributed by atoms with Crippen molar-refractivity contribution in [3.63, 3.8) is 0 Å². The molecular formula is C21H28N4O2. The Morgan fingerprint density at radius 1 is 1.26 bits per heavy atom. The summed E-state index contributed by atoms with van der Waals surface area (Å²) in [6.07, 6.45) is 6.63. The lowest BCUT2D eigenvalue weighted by molar-refractivity contribution is -0.130. The number of aryl methyl sites for hydroxylation is 2. The lowest BCUT2D eigenvalue weighted by Gasteiger charge is -2.23. The van der Waals surface area contributed by atoms with E-state index < -0.39 is 0 Å². The van der Waals surface area contributed by atoms with E-state index in [2.05, 4.69) is 20.9 Å². The van der Waals surface area contributed by atoms with Crippen molar-refractivity contribution < 1.29 is 9.59 Å². The number of amides is 2. The number of benzene rings is 1. The van der Waals surface area contributed by atoms with Crippen molar-refractivity contribution in [3.8, 4) is 0 Å². The molecule has 1 aromatic carbocycles. The van der Waals surface area contributed by atoms with Gasteiger partial charge in [-0.25, -0.2) is 4.98 Å². The van der Waals surface area contributed by atoms with Gasteiger partial charge >= 0.3 is 0 Å². The average molecular weight is 368 g/mol. The van der Waals surface area contributed by atoms with E-state index in [1.807, 2.05) is 30.1 Å². The fourth-order valence-electron chi connectivity index (χ4n) is 4.50. The van der Waals surface area contributed by atoms with Crippen molar-refractivity contribution in [1.82, 2.24) is 19.8 Å². The van der Waals surface area contributed by atoms with Crippen molar-refractivity contribution in [2.75, 3.05) is 13.1 Å². The molecule has 2 aromatic rings. The molecule has 0 radical (unpaired) electrons. The molecule has 0 spiro atoms. The third kappa shape index (κ3) is 3.70. The van der Waals surface area contributed by atoms with Gasteiger partial charge in [0.25, 0.3) is 0 Å². The number of hydrogen-bond acceptors (Lipinski definition) is 3. The highest BCUT2D eigenvalue weighted by atomic mass is 16.2. The van der Waals surface area contributed by atoms with Crippen LogP contribution in [-0.4, -0.2) is 45.4 Å². The van der Waals surface area contributed by atoms with Gasteiger partial charge in [0.1, 0.15) is 5.82 Å². The Labute approximate surface area is 159 Å². The van der Waals surface area contributed by atoms with Gasteiger partial charge in [0.15, 0.2) is 0 Å². The predicted octanol–water partition coefficient (Wildman–Crippen LogP) is 2.41. The maximum Gasteiger partial charge on any atom is 0.225 e. The number of carbonyl (C=O) groups excluding carboxylic acids is 2. The van der Waals surface area contributed by atoms with E-state index in [4.69, 9.17) is 0 Å². The van der Waals surface area contributed by atoms with Crippen LogP contribution in [0.4, 0.5) is 0 Å². The maximum absolute atomic E-state index is 12.5. The summed E-state index contributed by atoms with van der Waals surface area (Å²) in [6.45, 7) is 1.22. The Bertz CT molecular complexity index is 838. The predicted molar refractivity (Wildman–Crippen MR) is 104 cm³/mol. The first kappa shape index (κ1) is 18.0. The third-order valence-electron chi connectivity index (χ3n) is 6.05. The summed E-state index contributed by atoms with van der Waals surface area (Å²) in [6, 6.07) is 8.48. The number of rotatable bonds is 6. The molecule has 2 aliphatic rings. The zero-order valence-electron chi connectivity index (χ0n) is 16.0. The first-order valence-electron chi connectivity index (χ1n) is 10.1. The van der Waals surface area contributed by atoms with Crippen LogP contribution in [0.5, 0.6) is 0 Å². The van der Waals surface area contributed by atoms with Gasteiger partial charge in [-0.3, -0.25) is 9.59 Å². The number of hydrogen-bond donors (Lipinski definition) is 1. The number of nitrogens with zero attached hydrogens (tertiary/aromatic N) is 3. The maximum atomic E-state index is 12.5. The molecule has 27 heavy (non-hydrogen) atoms. The van der Waals surface area contributed by atoms with Gasteiger partial charge in [-0.05, 0) is 31.4 Å². The molecule has 4 rings (SSSR count). The normalized spacial score (nSPS) is 20.7. The minimum Gasteiger partial charge on any atom is -0.356 e. The summed E-state index contributed by atoms with van der Waals surface area (Å²) in [5.41, 5.74) is 2.14. The largest absolute Gasteiger partial charge is 0.356 e. The van der Waals surface area contributed by atoms with Crippen molar-refractivity contribution in [2.45, 2.75) is 51.0 Å². The quantitative estimate of drug-likeness (QED) is 0.796. The number of carbonyl (C=O) groups is 2. The summed E-state index contributed by atoms with van der Waals surface area (Å²) in [5.74, 6) is 1.03. The lowest BCUT2D eigenvalue weighted by atomic mass is 10.1. The molecule has 1 aliphatic carbocycles.